The number of β-amino-alcohol motifs (C(OH)–C–C–N with tert-alkyl or cyclic N) is 1. The number of rotatable bonds is 5. The van der Waals surface area contributed by atoms with E-state index in [9.17, 15) is 9.90 Å². The van der Waals surface area contributed by atoms with Gasteiger partial charge >= 0.3 is 0 Å². The molecule has 1 atom stereocenters. The van der Waals surface area contributed by atoms with Crippen LogP contribution in [-0.4, -0.2) is 57.2 Å². The van der Waals surface area contributed by atoms with Crippen molar-refractivity contribution < 1.29 is 9.90 Å². The molecule has 0 unspecified atom stereocenters. The third kappa shape index (κ3) is 4.11. The summed E-state index contributed by atoms with van der Waals surface area (Å²) in [6.07, 6.45) is 2.14. The minimum atomic E-state index is -0.317. The largest absolute Gasteiger partial charge is 0.391 e. The van der Waals surface area contributed by atoms with Crippen molar-refractivity contribution >= 4 is 11.7 Å². The number of hydrogen-bond acceptors (Lipinski definition) is 5. The van der Waals surface area contributed by atoms with E-state index in [0.717, 1.165) is 24.3 Å². The number of carbonyl (C=O) groups excluding carboxylic acids is 1. The highest BCUT2D eigenvalue weighted by Crippen LogP contribution is 2.26. The van der Waals surface area contributed by atoms with Crippen molar-refractivity contribution in [2.75, 3.05) is 18.0 Å². The first-order valence-corrected chi connectivity index (χ1v) is 9.56. The molecule has 0 radical (unpaired) electrons. The number of amides is 1. The Kier molecular flexibility index (Phi) is 5.75. The van der Waals surface area contributed by atoms with Crippen LogP contribution in [0.25, 0.3) is 11.4 Å². The van der Waals surface area contributed by atoms with Crippen LogP contribution in [0.15, 0.2) is 36.5 Å². The molecule has 0 aliphatic carbocycles. The van der Waals surface area contributed by atoms with Crippen molar-refractivity contribution in [3.63, 3.8) is 0 Å². The monoisotopic (exact) mass is 368 g/mol. The summed E-state index contributed by atoms with van der Waals surface area (Å²) in [6, 6.07) is 9.55. The fourth-order valence-electron chi connectivity index (χ4n) is 3.67. The molecule has 1 aromatic carbocycles. The average molecular weight is 368 g/mol. The van der Waals surface area contributed by atoms with Crippen LogP contribution in [0, 0.1) is 0 Å². The first kappa shape index (κ1) is 19.3. The average Bonchev–Trinajstić information content (AvgIpc) is 3.07. The minimum Gasteiger partial charge on any atom is -0.391 e. The Morgan fingerprint density at radius 1 is 1.19 bits per heavy atom. The number of aliphatic hydroxyl groups excluding tert-OH is 1. The van der Waals surface area contributed by atoms with Crippen LogP contribution in [0.3, 0.4) is 0 Å². The zero-order valence-corrected chi connectivity index (χ0v) is 16.5. The highest BCUT2D eigenvalue weighted by atomic mass is 16.3. The lowest BCUT2D eigenvalue weighted by atomic mass is 10.0. The maximum absolute atomic E-state index is 13.2. The number of nitrogens with zero attached hydrogens (tertiary/aromatic N) is 4. The second-order valence-corrected chi connectivity index (χ2v) is 7.57. The molecule has 1 fully saturated rings. The molecule has 6 heteroatoms. The molecule has 0 spiro atoms. The van der Waals surface area contributed by atoms with Crippen LogP contribution in [0.4, 0.5) is 5.82 Å². The van der Waals surface area contributed by atoms with Crippen LogP contribution in [0.1, 0.15) is 44.5 Å². The molecule has 2 aromatic rings. The van der Waals surface area contributed by atoms with E-state index in [1.54, 1.807) is 6.20 Å². The van der Waals surface area contributed by atoms with Gasteiger partial charge in [0.2, 0.25) is 0 Å². The Morgan fingerprint density at radius 2 is 1.89 bits per heavy atom. The molecule has 1 saturated heterocycles. The van der Waals surface area contributed by atoms with Crippen molar-refractivity contribution in [1.29, 1.82) is 0 Å². The van der Waals surface area contributed by atoms with E-state index in [-0.39, 0.29) is 24.1 Å². The Bertz CT molecular complexity index is 798. The summed E-state index contributed by atoms with van der Waals surface area (Å²) in [7, 11) is 0. The molecule has 1 N–H and O–H groups in total. The standard InChI is InChI=1S/C21H28N4O2/c1-14(2)25(15(3)4)21(27)18-8-6-5-7-17(18)20-22-11-9-19(23-20)24-12-10-16(26)13-24/h5-9,11,14-16,26H,10,12-13H2,1-4H3/t16-/m1/s1. The van der Waals surface area contributed by atoms with E-state index < -0.39 is 0 Å². The molecule has 144 valence electrons. The second kappa shape index (κ2) is 8.05. The van der Waals surface area contributed by atoms with Crippen LogP contribution in [0.2, 0.25) is 0 Å². The van der Waals surface area contributed by atoms with Gasteiger partial charge in [-0.3, -0.25) is 4.79 Å². The Morgan fingerprint density at radius 3 is 2.52 bits per heavy atom. The van der Waals surface area contributed by atoms with E-state index in [2.05, 4.69) is 14.9 Å². The van der Waals surface area contributed by atoms with Gasteiger partial charge in [-0.05, 0) is 46.2 Å². The molecule has 6 nitrogen and oxygen atoms in total. The van der Waals surface area contributed by atoms with Crippen LogP contribution in [0.5, 0.6) is 0 Å². The number of hydrogen-bond donors (Lipinski definition) is 1. The molecule has 0 bridgehead atoms. The topological polar surface area (TPSA) is 69.6 Å². The first-order chi connectivity index (χ1) is 12.9. The van der Waals surface area contributed by atoms with Gasteiger partial charge in [-0.15, -0.1) is 0 Å². The van der Waals surface area contributed by atoms with Crippen molar-refractivity contribution in [2.45, 2.75) is 52.3 Å². The molecule has 1 aliphatic rings. The number of aliphatic hydroxyl groups is 1. The molecule has 1 amide bonds. The van der Waals surface area contributed by atoms with E-state index in [4.69, 9.17) is 0 Å². The first-order valence-electron chi connectivity index (χ1n) is 9.56. The van der Waals surface area contributed by atoms with Crippen molar-refractivity contribution in [3.05, 3.63) is 42.1 Å². The third-order valence-electron chi connectivity index (χ3n) is 4.87. The molecule has 27 heavy (non-hydrogen) atoms. The zero-order chi connectivity index (χ0) is 19.6. The smallest absolute Gasteiger partial charge is 0.255 e. The van der Waals surface area contributed by atoms with Gasteiger partial charge in [0.25, 0.3) is 5.91 Å². The lowest BCUT2D eigenvalue weighted by Crippen LogP contribution is -2.42. The summed E-state index contributed by atoms with van der Waals surface area (Å²) < 4.78 is 0. The van der Waals surface area contributed by atoms with E-state index >= 15 is 0 Å². The van der Waals surface area contributed by atoms with E-state index in [1.165, 1.54) is 0 Å². The molecular formula is C21H28N4O2. The van der Waals surface area contributed by atoms with Gasteiger partial charge in [0.05, 0.1) is 11.7 Å². The molecule has 1 aromatic heterocycles. The minimum absolute atomic E-state index is 0.0128. The van der Waals surface area contributed by atoms with Crippen molar-refractivity contribution in [2.24, 2.45) is 0 Å². The number of anilines is 1. The third-order valence-corrected chi connectivity index (χ3v) is 4.87. The normalized spacial score (nSPS) is 17.0. The van der Waals surface area contributed by atoms with Gasteiger partial charge in [-0.25, -0.2) is 9.97 Å². The predicted octanol–water partition coefficient (Wildman–Crippen LogP) is 2.97. The lowest BCUT2D eigenvalue weighted by Gasteiger charge is -2.31. The molecule has 1 aliphatic heterocycles. The predicted molar refractivity (Wildman–Crippen MR) is 107 cm³/mol. The number of benzene rings is 1. The summed E-state index contributed by atoms with van der Waals surface area (Å²) >= 11 is 0. The lowest BCUT2D eigenvalue weighted by molar-refractivity contribution is 0.0644. The van der Waals surface area contributed by atoms with Gasteiger partial charge in [0, 0.05) is 36.9 Å². The van der Waals surface area contributed by atoms with Gasteiger partial charge in [-0.2, -0.15) is 0 Å². The maximum Gasteiger partial charge on any atom is 0.255 e. The highest BCUT2D eigenvalue weighted by Gasteiger charge is 2.26. The van der Waals surface area contributed by atoms with Gasteiger partial charge in [0.15, 0.2) is 5.82 Å². The Hall–Kier alpha value is -2.47. The van der Waals surface area contributed by atoms with Crippen molar-refractivity contribution in [1.82, 2.24) is 14.9 Å². The summed E-state index contributed by atoms with van der Waals surface area (Å²) in [4.78, 5) is 26.3. The van der Waals surface area contributed by atoms with Crippen LogP contribution >= 0.6 is 0 Å². The fourth-order valence-corrected chi connectivity index (χ4v) is 3.67. The molecule has 0 saturated carbocycles. The Labute approximate surface area is 160 Å². The quantitative estimate of drug-likeness (QED) is 0.879. The number of aromatic nitrogens is 2. The fraction of sp³-hybridized carbons (Fsp3) is 0.476. The molecular weight excluding hydrogens is 340 g/mol. The van der Waals surface area contributed by atoms with E-state index in [1.807, 2.05) is 62.9 Å². The maximum atomic E-state index is 13.2. The van der Waals surface area contributed by atoms with Crippen LogP contribution in [-0.2, 0) is 0 Å². The Balaban J connectivity index is 1.98. The SMILES string of the molecule is CC(C)N(C(=O)c1ccccc1-c1nccc(N2CC[C@@H](O)C2)n1)C(C)C. The summed E-state index contributed by atoms with van der Waals surface area (Å²) in [5.41, 5.74) is 1.34. The van der Waals surface area contributed by atoms with E-state index in [0.29, 0.717) is 17.9 Å². The van der Waals surface area contributed by atoms with Crippen LogP contribution < -0.4 is 4.90 Å². The summed E-state index contributed by atoms with van der Waals surface area (Å²) in [5.74, 6) is 1.30. The number of carbonyl (C=O) groups is 1. The van der Waals surface area contributed by atoms with Gasteiger partial charge in [0.1, 0.15) is 5.82 Å². The molecule has 2 heterocycles. The highest BCUT2D eigenvalue weighted by molar-refractivity contribution is 6.00. The summed E-state index contributed by atoms with van der Waals surface area (Å²) in [5, 5.41) is 9.79. The van der Waals surface area contributed by atoms with Gasteiger partial charge in [-0.1, -0.05) is 18.2 Å². The summed E-state index contributed by atoms with van der Waals surface area (Å²) in [6.45, 7) is 9.44. The molecule has 3 rings (SSSR count). The zero-order valence-electron chi connectivity index (χ0n) is 16.5. The van der Waals surface area contributed by atoms with Crippen molar-refractivity contribution in [3.8, 4) is 11.4 Å². The second-order valence-electron chi connectivity index (χ2n) is 7.57. The van der Waals surface area contributed by atoms with Gasteiger partial charge < -0.3 is 14.9 Å².